The molecule has 106 valence electrons. The number of imidazole rings is 1. The second kappa shape index (κ2) is 5.63. The molecule has 1 saturated heterocycles. The Labute approximate surface area is 117 Å². The summed E-state index contributed by atoms with van der Waals surface area (Å²) in [5, 5.41) is 2.96. The molecule has 2 N–H and O–H groups in total. The molecule has 0 bridgehead atoms. The van der Waals surface area contributed by atoms with Crippen molar-refractivity contribution in [1.29, 1.82) is 0 Å². The lowest BCUT2D eigenvalue weighted by Gasteiger charge is -2.08. The lowest BCUT2D eigenvalue weighted by molar-refractivity contribution is -0.124. The highest BCUT2D eigenvalue weighted by Gasteiger charge is 2.27. The molecule has 5 heteroatoms. The van der Waals surface area contributed by atoms with Gasteiger partial charge in [-0.15, -0.1) is 0 Å². The number of amides is 1. The van der Waals surface area contributed by atoms with Crippen molar-refractivity contribution in [2.24, 2.45) is 5.92 Å². The number of H-pyrrole nitrogens is 1. The van der Waals surface area contributed by atoms with Gasteiger partial charge in [-0.3, -0.25) is 4.79 Å². The number of nitrogens with one attached hydrogen (secondary N) is 2. The molecular weight excluding hydrogens is 254 g/mol. The van der Waals surface area contributed by atoms with Crippen LogP contribution >= 0.6 is 0 Å². The molecule has 1 fully saturated rings. The summed E-state index contributed by atoms with van der Waals surface area (Å²) in [5.74, 6) is 0.994. The van der Waals surface area contributed by atoms with Crippen molar-refractivity contribution >= 4 is 16.9 Å². The molecule has 0 radical (unpaired) electrons. The van der Waals surface area contributed by atoms with E-state index in [9.17, 15) is 4.79 Å². The van der Waals surface area contributed by atoms with E-state index < -0.39 is 0 Å². The third kappa shape index (κ3) is 2.82. The van der Waals surface area contributed by atoms with Crippen molar-refractivity contribution in [2.45, 2.75) is 25.9 Å². The monoisotopic (exact) mass is 273 g/mol. The number of hydrogen-bond donors (Lipinski definition) is 2. The summed E-state index contributed by atoms with van der Waals surface area (Å²) in [5.41, 5.74) is 2.00. The van der Waals surface area contributed by atoms with E-state index in [4.69, 9.17) is 4.74 Å². The summed E-state index contributed by atoms with van der Waals surface area (Å²) in [7, 11) is 0. The van der Waals surface area contributed by atoms with E-state index in [1.165, 1.54) is 0 Å². The molecule has 0 spiro atoms. The average molecular weight is 273 g/mol. The van der Waals surface area contributed by atoms with Crippen LogP contribution in [0.15, 0.2) is 24.3 Å². The van der Waals surface area contributed by atoms with Crippen LogP contribution in [0.5, 0.6) is 0 Å². The first-order valence-electron chi connectivity index (χ1n) is 7.05. The molecule has 20 heavy (non-hydrogen) atoms. The van der Waals surface area contributed by atoms with Crippen molar-refractivity contribution in [3.05, 3.63) is 30.1 Å². The Morgan fingerprint density at radius 2 is 2.35 bits per heavy atom. The molecule has 1 aromatic heterocycles. The van der Waals surface area contributed by atoms with Gasteiger partial charge in [0.2, 0.25) is 5.91 Å². The number of fused-ring (bicyclic) bond motifs is 1. The van der Waals surface area contributed by atoms with Gasteiger partial charge in [-0.1, -0.05) is 12.1 Å². The minimum absolute atomic E-state index is 0.000623. The highest BCUT2D eigenvalue weighted by atomic mass is 16.5. The highest BCUT2D eigenvalue weighted by Crippen LogP contribution is 2.18. The Bertz CT molecular complexity index is 575. The summed E-state index contributed by atoms with van der Waals surface area (Å²) in [6.07, 6.45) is 1.72. The average Bonchev–Trinajstić information content (AvgIpc) is 3.04. The van der Waals surface area contributed by atoms with Crippen LogP contribution < -0.4 is 5.32 Å². The minimum atomic E-state index is 0.000623. The molecule has 1 amide bonds. The topological polar surface area (TPSA) is 67.0 Å². The van der Waals surface area contributed by atoms with Gasteiger partial charge in [-0.25, -0.2) is 4.98 Å². The zero-order valence-corrected chi connectivity index (χ0v) is 11.6. The molecule has 2 heterocycles. The predicted octanol–water partition coefficient (Wildman–Crippen LogP) is 1.65. The number of hydrogen-bond acceptors (Lipinski definition) is 3. The second-order valence-corrected chi connectivity index (χ2v) is 5.32. The molecule has 0 aliphatic carbocycles. The van der Waals surface area contributed by atoms with Gasteiger partial charge < -0.3 is 15.0 Å². The summed E-state index contributed by atoms with van der Waals surface area (Å²) < 4.78 is 5.41. The molecular formula is C15H19N3O2. The van der Waals surface area contributed by atoms with E-state index in [1.54, 1.807) is 0 Å². The number of carbonyl (C=O) groups excluding carboxylic acids is 1. The number of nitrogens with zero attached hydrogens (tertiary/aromatic N) is 1. The molecule has 1 aromatic carbocycles. The maximum Gasteiger partial charge on any atom is 0.225 e. The van der Waals surface area contributed by atoms with Crippen LogP contribution in [0.1, 0.15) is 19.2 Å². The van der Waals surface area contributed by atoms with Gasteiger partial charge >= 0.3 is 0 Å². The van der Waals surface area contributed by atoms with E-state index >= 15 is 0 Å². The Hall–Kier alpha value is -1.88. The maximum atomic E-state index is 11.9. The first-order valence-corrected chi connectivity index (χ1v) is 7.05. The molecule has 5 nitrogen and oxygen atoms in total. The lowest BCUT2D eigenvalue weighted by atomic mass is 10.1. The van der Waals surface area contributed by atoms with E-state index in [0.717, 1.165) is 23.3 Å². The van der Waals surface area contributed by atoms with Crippen LogP contribution in [0, 0.1) is 5.92 Å². The van der Waals surface area contributed by atoms with Crippen molar-refractivity contribution in [3.63, 3.8) is 0 Å². The van der Waals surface area contributed by atoms with Gasteiger partial charge in [0.05, 0.1) is 29.7 Å². The fraction of sp³-hybridized carbons (Fsp3) is 0.467. The number of aromatic nitrogens is 2. The third-order valence-electron chi connectivity index (χ3n) is 3.67. The number of rotatable bonds is 4. The summed E-state index contributed by atoms with van der Waals surface area (Å²) in [6.45, 7) is 3.14. The Kier molecular flexibility index (Phi) is 3.69. The van der Waals surface area contributed by atoms with Gasteiger partial charge in [0, 0.05) is 13.0 Å². The Morgan fingerprint density at radius 3 is 3.10 bits per heavy atom. The van der Waals surface area contributed by atoms with Crippen molar-refractivity contribution < 1.29 is 9.53 Å². The van der Waals surface area contributed by atoms with Crippen molar-refractivity contribution in [3.8, 4) is 0 Å². The summed E-state index contributed by atoms with van der Waals surface area (Å²) >= 11 is 0. The van der Waals surface area contributed by atoms with E-state index in [-0.39, 0.29) is 17.9 Å². The first-order chi connectivity index (χ1) is 9.72. The molecule has 2 unspecified atom stereocenters. The highest BCUT2D eigenvalue weighted by molar-refractivity contribution is 5.79. The van der Waals surface area contributed by atoms with Gasteiger partial charge in [0.15, 0.2) is 0 Å². The maximum absolute atomic E-state index is 11.9. The standard InChI is InChI=1S/C15H19N3O2/c1-10-8-11(9-20-10)15(19)16-7-6-14-17-12-4-2-3-5-13(12)18-14/h2-5,10-11H,6-9H2,1H3,(H,16,19)(H,17,18). The molecule has 2 atom stereocenters. The zero-order chi connectivity index (χ0) is 13.9. The fourth-order valence-electron chi connectivity index (χ4n) is 2.57. The number of carbonyl (C=O) groups is 1. The second-order valence-electron chi connectivity index (χ2n) is 5.32. The number of para-hydroxylation sites is 2. The minimum Gasteiger partial charge on any atom is -0.378 e. The predicted molar refractivity (Wildman–Crippen MR) is 76.3 cm³/mol. The van der Waals surface area contributed by atoms with Crippen LogP contribution in [0.25, 0.3) is 11.0 Å². The fourth-order valence-corrected chi connectivity index (χ4v) is 2.57. The molecule has 1 aliphatic heterocycles. The number of aromatic amines is 1. The summed E-state index contributed by atoms with van der Waals surface area (Å²) in [4.78, 5) is 19.7. The van der Waals surface area contributed by atoms with Crippen molar-refractivity contribution in [1.82, 2.24) is 15.3 Å². The number of benzene rings is 1. The van der Waals surface area contributed by atoms with Crippen LogP contribution in [0.2, 0.25) is 0 Å². The molecule has 1 aliphatic rings. The summed E-state index contributed by atoms with van der Waals surface area (Å²) in [6, 6.07) is 7.93. The normalized spacial score (nSPS) is 22.2. The lowest BCUT2D eigenvalue weighted by Crippen LogP contribution is -2.32. The Morgan fingerprint density at radius 1 is 1.50 bits per heavy atom. The Balaban J connectivity index is 1.51. The third-order valence-corrected chi connectivity index (χ3v) is 3.67. The zero-order valence-electron chi connectivity index (χ0n) is 11.6. The SMILES string of the molecule is CC1CC(C(=O)NCCc2nc3ccccc3[nH]2)CO1. The quantitative estimate of drug-likeness (QED) is 0.890. The van der Waals surface area contributed by atoms with Crippen LogP contribution in [-0.2, 0) is 16.0 Å². The molecule has 0 saturated carbocycles. The van der Waals surface area contributed by atoms with Gasteiger partial charge in [-0.2, -0.15) is 0 Å². The van der Waals surface area contributed by atoms with Crippen LogP contribution in [0.3, 0.4) is 0 Å². The molecule has 3 rings (SSSR count). The van der Waals surface area contributed by atoms with E-state index in [2.05, 4.69) is 15.3 Å². The van der Waals surface area contributed by atoms with Crippen LogP contribution in [0.4, 0.5) is 0 Å². The van der Waals surface area contributed by atoms with Gasteiger partial charge in [0.1, 0.15) is 5.82 Å². The van der Waals surface area contributed by atoms with Crippen LogP contribution in [-0.4, -0.2) is 35.1 Å². The largest absolute Gasteiger partial charge is 0.378 e. The van der Waals surface area contributed by atoms with Crippen molar-refractivity contribution in [2.75, 3.05) is 13.2 Å². The number of ether oxygens (including phenoxy) is 1. The smallest absolute Gasteiger partial charge is 0.225 e. The molecule has 2 aromatic rings. The van der Waals surface area contributed by atoms with E-state index in [1.807, 2.05) is 31.2 Å². The van der Waals surface area contributed by atoms with Gasteiger partial charge in [0.25, 0.3) is 0 Å². The first kappa shape index (κ1) is 13.1. The van der Waals surface area contributed by atoms with Gasteiger partial charge in [-0.05, 0) is 25.5 Å². The van der Waals surface area contributed by atoms with E-state index in [0.29, 0.717) is 19.6 Å².